The van der Waals surface area contributed by atoms with Gasteiger partial charge >= 0.3 is 5.82 Å². The molecular weight excluding hydrogens is 620 g/mol. The highest BCUT2D eigenvalue weighted by molar-refractivity contribution is 8.00. The van der Waals surface area contributed by atoms with Crippen molar-refractivity contribution in [3.05, 3.63) is 87.6 Å². The van der Waals surface area contributed by atoms with Crippen molar-refractivity contribution in [3.8, 4) is 10.6 Å². The molecule has 0 aliphatic rings. The van der Waals surface area contributed by atoms with E-state index in [1.807, 2.05) is 41.9 Å². The number of nitro groups is 1. The van der Waals surface area contributed by atoms with E-state index in [0.29, 0.717) is 5.65 Å². The third-order valence-electron chi connectivity index (χ3n) is 6.20. The lowest BCUT2D eigenvalue weighted by Gasteiger charge is -2.14. The molecule has 6 aromatic rings. The fraction of sp³-hybridized carbons (Fsp3) is 0.192. The van der Waals surface area contributed by atoms with Crippen molar-refractivity contribution < 1.29 is 4.92 Å². The first-order valence-corrected chi connectivity index (χ1v) is 15.6. The second-order valence-electron chi connectivity index (χ2n) is 8.78. The Morgan fingerprint density at radius 1 is 1.12 bits per heavy atom. The lowest BCUT2D eigenvalue weighted by Crippen LogP contribution is -2.03. The second kappa shape index (κ2) is 12.8. The van der Waals surface area contributed by atoms with Crippen molar-refractivity contribution >= 4 is 82.4 Å². The van der Waals surface area contributed by atoms with Gasteiger partial charge in [0, 0.05) is 40.1 Å². The van der Waals surface area contributed by atoms with Gasteiger partial charge in [-0.05, 0) is 59.9 Å². The molecule has 41 heavy (non-hydrogen) atoms. The molecule has 6 rings (SSSR count). The van der Waals surface area contributed by atoms with Crippen LogP contribution in [0.4, 0.5) is 5.82 Å². The van der Waals surface area contributed by atoms with Gasteiger partial charge in [-0.2, -0.15) is 12.6 Å². The number of aromatic nitrogens is 7. The maximum Gasteiger partial charge on any atom is 0.368 e. The first kappa shape index (κ1) is 29.3. The highest BCUT2D eigenvalue weighted by Gasteiger charge is 2.20. The van der Waals surface area contributed by atoms with Crippen molar-refractivity contribution in [2.75, 3.05) is 11.5 Å². The lowest BCUT2D eigenvalue weighted by atomic mass is 10.1. The Kier molecular flexibility index (Phi) is 9.14. The SMILES string of the molecule is Cc1c(SCCCSc2ccc3ncc([N+](=O)[O-])n3n2)ccnc1C(S)c1nc2cc(-c3nccs3)ccc2[nH]1.Cl. The summed E-state index contributed by atoms with van der Waals surface area (Å²) in [5.74, 6) is 2.36. The molecule has 0 aliphatic heterocycles. The molecular formula is C26H23ClN8O2S4. The highest BCUT2D eigenvalue weighted by Crippen LogP contribution is 2.34. The number of pyridine rings is 1. The standard InChI is InChI=1S/C26H22N8O2S4.ClH/c1-15-19(38-10-2-11-39-21-6-5-20-29-14-22(34(35)36)33(20)32-21)7-8-27-23(15)24(37)25-30-17-4-3-16(13-18(17)31-25)26-28-9-12-40-26;/h3-9,12-14,24,37H,2,10-11H2,1H3,(H,30,31);1H. The van der Waals surface area contributed by atoms with E-state index in [1.165, 1.54) is 10.7 Å². The summed E-state index contributed by atoms with van der Waals surface area (Å²) in [6, 6.07) is 11.7. The molecule has 0 saturated heterocycles. The summed E-state index contributed by atoms with van der Waals surface area (Å²) in [5, 5.41) is 18.9. The minimum atomic E-state index is -0.479. The van der Waals surface area contributed by atoms with Gasteiger partial charge in [0.2, 0.25) is 5.65 Å². The summed E-state index contributed by atoms with van der Waals surface area (Å²) in [4.78, 5) is 33.1. The van der Waals surface area contributed by atoms with Crippen LogP contribution in [0.15, 0.2) is 70.3 Å². The van der Waals surface area contributed by atoms with Crippen molar-refractivity contribution in [3.63, 3.8) is 0 Å². The minimum Gasteiger partial charge on any atom is -0.358 e. The van der Waals surface area contributed by atoms with Crippen LogP contribution >= 0.6 is 59.9 Å². The Hall–Kier alpha value is -3.17. The van der Waals surface area contributed by atoms with E-state index < -0.39 is 4.92 Å². The molecule has 10 nitrogen and oxygen atoms in total. The molecule has 0 spiro atoms. The Bertz CT molecular complexity index is 1830. The number of thiazole rings is 1. The third kappa shape index (κ3) is 6.21. The van der Waals surface area contributed by atoms with Gasteiger partial charge in [-0.15, -0.1) is 47.3 Å². The van der Waals surface area contributed by atoms with E-state index >= 15 is 0 Å². The summed E-state index contributed by atoms with van der Waals surface area (Å²) in [6.45, 7) is 2.07. The molecule has 0 bridgehead atoms. The molecule has 1 aromatic carbocycles. The average molecular weight is 643 g/mol. The molecule has 1 N–H and O–H groups in total. The van der Waals surface area contributed by atoms with E-state index in [0.717, 1.165) is 66.5 Å². The number of thioether (sulfide) groups is 2. The fourth-order valence-corrected chi connectivity index (χ4v) is 7.20. The first-order chi connectivity index (χ1) is 19.5. The molecule has 0 aliphatic carbocycles. The molecule has 0 amide bonds. The summed E-state index contributed by atoms with van der Waals surface area (Å²) < 4.78 is 1.27. The van der Waals surface area contributed by atoms with Gasteiger partial charge < -0.3 is 15.1 Å². The molecule has 210 valence electrons. The highest BCUT2D eigenvalue weighted by atomic mass is 35.5. The van der Waals surface area contributed by atoms with Crippen molar-refractivity contribution in [2.24, 2.45) is 0 Å². The number of halogens is 1. The molecule has 5 aromatic heterocycles. The average Bonchev–Trinajstić information content (AvgIpc) is 3.72. The smallest absolute Gasteiger partial charge is 0.358 e. The zero-order valence-corrected chi connectivity index (χ0v) is 25.7. The largest absolute Gasteiger partial charge is 0.368 e. The van der Waals surface area contributed by atoms with Crippen LogP contribution in [0.1, 0.15) is 28.8 Å². The van der Waals surface area contributed by atoms with Crippen LogP contribution in [-0.2, 0) is 0 Å². The first-order valence-electron chi connectivity index (χ1n) is 12.3. The Morgan fingerprint density at radius 2 is 1.98 bits per heavy atom. The normalized spacial score (nSPS) is 12.0. The predicted octanol–water partition coefficient (Wildman–Crippen LogP) is 7.06. The Balaban J connectivity index is 0.00000337. The Labute approximate surface area is 258 Å². The van der Waals surface area contributed by atoms with Crippen LogP contribution in [0.3, 0.4) is 0 Å². The van der Waals surface area contributed by atoms with Gasteiger partial charge in [0.15, 0.2) is 0 Å². The number of nitrogens with one attached hydrogen (secondary N) is 1. The summed E-state index contributed by atoms with van der Waals surface area (Å²) in [5.41, 5.74) is 5.29. The fourth-order valence-electron chi connectivity index (χ4n) is 4.21. The number of fused-ring (bicyclic) bond motifs is 2. The molecule has 0 saturated carbocycles. The molecule has 1 unspecified atom stereocenters. The van der Waals surface area contributed by atoms with Crippen molar-refractivity contribution in [2.45, 2.75) is 28.5 Å². The number of hydrogen-bond acceptors (Lipinski definition) is 11. The Morgan fingerprint density at radius 3 is 2.78 bits per heavy atom. The van der Waals surface area contributed by atoms with Crippen molar-refractivity contribution in [1.82, 2.24) is 34.5 Å². The maximum atomic E-state index is 11.2. The van der Waals surface area contributed by atoms with Crippen LogP contribution < -0.4 is 0 Å². The molecule has 1 atom stereocenters. The molecule has 0 fully saturated rings. The number of nitrogens with zero attached hydrogens (tertiary/aromatic N) is 7. The van der Waals surface area contributed by atoms with E-state index in [-0.39, 0.29) is 23.5 Å². The molecule has 0 radical (unpaired) electrons. The van der Waals surface area contributed by atoms with Crippen molar-refractivity contribution in [1.29, 1.82) is 0 Å². The summed E-state index contributed by atoms with van der Waals surface area (Å²) >= 11 is 9.84. The van der Waals surface area contributed by atoms with Crippen LogP contribution in [0, 0.1) is 17.0 Å². The zero-order valence-electron chi connectivity index (χ0n) is 21.5. The van der Waals surface area contributed by atoms with Gasteiger partial charge in [0.1, 0.15) is 27.3 Å². The topological polar surface area (TPSA) is 128 Å². The summed E-state index contributed by atoms with van der Waals surface area (Å²) in [7, 11) is 0. The number of H-pyrrole nitrogens is 1. The minimum absolute atomic E-state index is 0. The monoisotopic (exact) mass is 642 g/mol. The van der Waals surface area contributed by atoms with Gasteiger partial charge in [-0.25, -0.2) is 15.0 Å². The molecule has 5 heterocycles. The lowest BCUT2D eigenvalue weighted by molar-refractivity contribution is -0.391. The van der Waals surface area contributed by atoms with E-state index in [1.54, 1.807) is 47.1 Å². The van der Waals surface area contributed by atoms with Gasteiger partial charge in [0.25, 0.3) is 0 Å². The van der Waals surface area contributed by atoms with Gasteiger partial charge in [-0.1, -0.05) is 9.61 Å². The molecule has 15 heteroatoms. The second-order valence-corrected chi connectivity index (χ2v) is 12.4. The number of thiol groups is 1. The van der Waals surface area contributed by atoms with Crippen LogP contribution in [0.5, 0.6) is 0 Å². The third-order valence-corrected chi connectivity index (χ3v) is 9.76. The van der Waals surface area contributed by atoms with Crippen LogP contribution in [0.2, 0.25) is 0 Å². The number of hydrogen-bond donors (Lipinski definition) is 2. The number of benzene rings is 1. The predicted molar refractivity (Wildman–Crippen MR) is 170 cm³/mol. The van der Waals surface area contributed by atoms with E-state index in [9.17, 15) is 10.1 Å². The van der Waals surface area contributed by atoms with E-state index in [2.05, 4.69) is 32.0 Å². The van der Waals surface area contributed by atoms with Crippen LogP contribution in [0.25, 0.3) is 27.3 Å². The summed E-state index contributed by atoms with van der Waals surface area (Å²) in [6.07, 6.45) is 5.79. The number of imidazole rings is 2. The van der Waals surface area contributed by atoms with Gasteiger partial charge in [0.05, 0.1) is 16.7 Å². The number of rotatable bonds is 10. The maximum absolute atomic E-state index is 11.2. The van der Waals surface area contributed by atoms with Crippen LogP contribution in [-0.4, -0.2) is 51.0 Å². The quantitative estimate of drug-likeness (QED) is 0.0531. The zero-order chi connectivity index (χ0) is 27.6. The van der Waals surface area contributed by atoms with Gasteiger partial charge in [-0.3, -0.25) is 4.98 Å². The number of aromatic amines is 1. The van der Waals surface area contributed by atoms with E-state index in [4.69, 9.17) is 17.6 Å².